The molecule has 4 amide bonds. The summed E-state index contributed by atoms with van der Waals surface area (Å²) < 4.78 is 0. The summed E-state index contributed by atoms with van der Waals surface area (Å²) in [5.41, 5.74) is 4.13. The van der Waals surface area contributed by atoms with Crippen molar-refractivity contribution < 1.29 is 19.2 Å². The molecule has 0 saturated heterocycles. The van der Waals surface area contributed by atoms with E-state index in [0.717, 1.165) is 5.56 Å². The van der Waals surface area contributed by atoms with Crippen LogP contribution >= 0.6 is 0 Å². The Morgan fingerprint density at radius 2 is 0.939 bits per heavy atom. The molecule has 0 radical (unpaired) electrons. The molecule has 0 aliphatic heterocycles. The topological polar surface area (TPSA) is 116 Å². The van der Waals surface area contributed by atoms with Crippen LogP contribution in [0.5, 0.6) is 0 Å². The Morgan fingerprint density at radius 1 is 0.545 bits per heavy atom. The average molecular weight is 444 g/mol. The molecular formula is C25H24N4O4. The van der Waals surface area contributed by atoms with Crippen LogP contribution in [0.3, 0.4) is 0 Å². The van der Waals surface area contributed by atoms with Gasteiger partial charge in [-0.05, 0) is 93.1 Å². The van der Waals surface area contributed by atoms with Crippen molar-refractivity contribution in [3.05, 3.63) is 83.4 Å². The average Bonchev–Trinajstić information content (AvgIpc) is 2.76. The van der Waals surface area contributed by atoms with Crippen LogP contribution in [0.1, 0.15) is 40.1 Å². The summed E-state index contributed by atoms with van der Waals surface area (Å²) >= 11 is 0. The van der Waals surface area contributed by atoms with Crippen LogP contribution in [-0.4, -0.2) is 23.6 Å². The van der Waals surface area contributed by atoms with Crippen molar-refractivity contribution in [3.8, 4) is 0 Å². The van der Waals surface area contributed by atoms with Crippen LogP contribution in [0.4, 0.5) is 32.3 Å². The molecule has 3 rings (SSSR count). The Kier molecular flexibility index (Phi) is 7.20. The molecule has 0 aliphatic carbocycles. The van der Waals surface area contributed by atoms with E-state index in [4.69, 9.17) is 0 Å². The van der Waals surface area contributed by atoms with Gasteiger partial charge < -0.3 is 21.3 Å². The van der Waals surface area contributed by atoms with Gasteiger partial charge in [-0.3, -0.25) is 9.59 Å². The number of anilines is 4. The first-order valence-corrected chi connectivity index (χ1v) is 10.2. The lowest BCUT2D eigenvalue weighted by atomic mass is 10.1. The number of hydrogen-bond donors (Lipinski definition) is 4. The predicted octanol–water partition coefficient (Wildman–Crippen LogP) is 5.69. The minimum absolute atomic E-state index is 0.0464. The number of urea groups is 2. The first kappa shape index (κ1) is 23.2. The normalized spacial score (nSPS) is 10.2. The standard InChI is InChI=1S/C25H24N4O4/c1-15-14-22(28-24(32)26-20-8-4-18(5-9-20)16(2)30)12-13-23(15)29-25(33)27-21-10-6-19(7-11-21)17(3)31/h4-14H,1-3H3,(H2,26,28,32)(H2,27,29,33). The van der Waals surface area contributed by atoms with Crippen molar-refractivity contribution in [1.82, 2.24) is 0 Å². The number of rotatable bonds is 6. The summed E-state index contributed by atoms with van der Waals surface area (Å²) in [4.78, 5) is 47.2. The van der Waals surface area contributed by atoms with Gasteiger partial charge in [-0.1, -0.05) is 0 Å². The van der Waals surface area contributed by atoms with E-state index in [9.17, 15) is 19.2 Å². The third kappa shape index (κ3) is 6.51. The zero-order chi connectivity index (χ0) is 24.0. The molecule has 3 aromatic carbocycles. The van der Waals surface area contributed by atoms with Gasteiger partial charge in [0.25, 0.3) is 0 Å². The number of ketones is 2. The summed E-state index contributed by atoms with van der Waals surface area (Å²) in [5, 5.41) is 10.9. The molecule has 8 heteroatoms. The first-order chi connectivity index (χ1) is 15.7. The first-order valence-electron chi connectivity index (χ1n) is 10.2. The number of benzene rings is 3. The monoisotopic (exact) mass is 444 g/mol. The van der Waals surface area contributed by atoms with Crippen molar-refractivity contribution >= 4 is 46.4 Å². The van der Waals surface area contributed by atoms with Crippen molar-refractivity contribution in [1.29, 1.82) is 0 Å². The van der Waals surface area contributed by atoms with Crippen LogP contribution in [-0.2, 0) is 0 Å². The summed E-state index contributed by atoms with van der Waals surface area (Å²) in [6.45, 7) is 4.76. The highest BCUT2D eigenvalue weighted by atomic mass is 16.2. The highest BCUT2D eigenvalue weighted by Gasteiger charge is 2.09. The Hall–Kier alpha value is -4.46. The van der Waals surface area contributed by atoms with Gasteiger partial charge in [-0.25, -0.2) is 9.59 Å². The smallest absolute Gasteiger partial charge is 0.308 e. The van der Waals surface area contributed by atoms with Gasteiger partial charge >= 0.3 is 12.1 Å². The molecule has 3 aromatic rings. The van der Waals surface area contributed by atoms with Crippen LogP contribution in [0.2, 0.25) is 0 Å². The maximum absolute atomic E-state index is 12.3. The predicted molar refractivity (Wildman–Crippen MR) is 129 cm³/mol. The molecule has 0 aromatic heterocycles. The molecule has 0 spiro atoms. The van der Waals surface area contributed by atoms with Gasteiger partial charge in [0, 0.05) is 33.9 Å². The number of Topliss-reactive ketones (excluding diaryl/α,β-unsaturated/α-hetero) is 2. The molecule has 0 fully saturated rings. The van der Waals surface area contributed by atoms with Crippen LogP contribution in [0.15, 0.2) is 66.7 Å². The van der Waals surface area contributed by atoms with Gasteiger partial charge in [0.2, 0.25) is 0 Å². The largest absolute Gasteiger partial charge is 0.323 e. The quantitative estimate of drug-likeness (QED) is 0.366. The van der Waals surface area contributed by atoms with Gasteiger partial charge in [0.1, 0.15) is 0 Å². The Balaban J connectivity index is 1.56. The van der Waals surface area contributed by atoms with Crippen molar-refractivity contribution in [2.45, 2.75) is 20.8 Å². The Labute approximate surface area is 191 Å². The van der Waals surface area contributed by atoms with E-state index in [1.807, 2.05) is 0 Å². The van der Waals surface area contributed by atoms with E-state index < -0.39 is 12.1 Å². The van der Waals surface area contributed by atoms with Crippen molar-refractivity contribution in [2.75, 3.05) is 21.3 Å². The molecule has 0 heterocycles. The maximum atomic E-state index is 12.3. The summed E-state index contributed by atoms with van der Waals surface area (Å²) in [7, 11) is 0. The number of carbonyl (C=O) groups excluding carboxylic acids is 4. The number of carbonyl (C=O) groups is 4. The van der Waals surface area contributed by atoms with Gasteiger partial charge in [0.15, 0.2) is 11.6 Å². The number of nitrogens with one attached hydrogen (secondary N) is 4. The zero-order valence-electron chi connectivity index (χ0n) is 18.5. The summed E-state index contributed by atoms with van der Waals surface area (Å²) in [6.07, 6.45) is 0. The third-order valence-corrected chi connectivity index (χ3v) is 4.83. The fourth-order valence-electron chi connectivity index (χ4n) is 3.04. The van der Waals surface area contributed by atoms with E-state index in [1.54, 1.807) is 73.7 Å². The van der Waals surface area contributed by atoms with Gasteiger partial charge in [0.05, 0.1) is 0 Å². The molecule has 0 unspecified atom stereocenters. The van der Waals surface area contributed by atoms with E-state index >= 15 is 0 Å². The third-order valence-electron chi connectivity index (χ3n) is 4.83. The van der Waals surface area contributed by atoms with Crippen LogP contribution < -0.4 is 21.3 Å². The van der Waals surface area contributed by atoms with Crippen molar-refractivity contribution in [2.24, 2.45) is 0 Å². The summed E-state index contributed by atoms with van der Waals surface area (Å²) in [5.74, 6) is -0.0929. The lowest BCUT2D eigenvalue weighted by molar-refractivity contribution is 0.100. The number of hydrogen-bond acceptors (Lipinski definition) is 4. The second kappa shape index (κ2) is 10.2. The SMILES string of the molecule is CC(=O)c1ccc(NC(=O)Nc2ccc(NC(=O)Nc3ccc(C(C)=O)cc3)c(C)c2)cc1. The molecule has 0 atom stereocenters. The summed E-state index contributed by atoms with van der Waals surface area (Å²) in [6, 6.07) is 17.4. The fourth-order valence-corrected chi connectivity index (χ4v) is 3.04. The maximum Gasteiger partial charge on any atom is 0.323 e. The fraction of sp³-hybridized carbons (Fsp3) is 0.120. The minimum atomic E-state index is -0.433. The minimum Gasteiger partial charge on any atom is -0.308 e. The number of amides is 4. The number of aryl methyl sites for hydroxylation is 1. The van der Waals surface area contributed by atoms with Gasteiger partial charge in [-0.15, -0.1) is 0 Å². The highest BCUT2D eigenvalue weighted by Crippen LogP contribution is 2.21. The highest BCUT2D eigenvalue weighted by molar-refractivity contribution is 6.02. The lowest BCUT2D eigenvalue weighted by Gasteiger charge is -2.13. The second-order valence-corrected chi connectivity index (χ2v) is 7.46. The molecule has 0 saturated carbocycles. The molecule has 0 aliphatic rings. The van der Waals surface area contributed by atoms with Crippen molar-refractivity contribution in [3.63, 3.8) is 0 Å². The van der Waals surface area contributed by atoms with E-state index in [-0.39, 0.29) is 11.6 Å². The molecule has 168 valence electrons. The molecular weight excluding hydrogens is 420 g/mol. The molecule has 0 bridgehead atoms. The van der Waals surface area contributed by atoms with E-state index in [0.29, 0.717) is 33.9 Å². The van der Waals surface area contributed by atoms with Crippen LogP contribution in [0.25, 0.3) is 0 Å². The molecule has 33 heavy (non-hydrogen) atoms. The van der Waals surface area contributed by atoms with E-state index in [1.165, 1.54) is 13.8 Å². The molecule has 4 N–H and O–H groups in total. The Bertz CT molecular complexity index is 1200. The Morgan fingerprint density at radius 3 is 1.36 bits per heavy atom. The van der Waals surface area contributed by atoms with Gasteiger partial charge in [-0.2, -0.15) is 0 Å². The lowest BCUT2D eigenvalue weighted by Crippen LogP contribution is -2.21. The molecule has 8 nitrogen and oxygen atoms in total. The van der Waals surface area contributed by atoms with E-state index in [2.05, 4.69) is 21.3 Å². The zero-order valence-corrected chi connectivity index (χ0v) is 18.5. The van der Waals surface area contributed by atoms with Crippen LogP contribution in [0, 0.1) is 6.92 Å². The second-order valence-electron chi connectivity index (χ2n) is 7.46.